The van der Waals surface area contributed by atoms with Crippen molar-refractivity contribution in [1.29, 1.82) is 0 Å². The van der Waals surface area contributed by atoms with Crippen molar-refractivity contribution >= 4 is 65.2 Å². The van der Waals surface area contributed by atoms with Crippen molar-refractivity contribution in [3.05, 3.63) is 206 Å². The van der Waals surface area contributed by atoms with Gasteiger partial charge in [-0.2, -0.15) is 0 Å². The highest BCUT2D eigenvalue weighted by Gasteiger charge is 2.24. The normalized spacial score (nSPS) is 12.1. The SMILES string of the molecule is c1ccc(-c2ccc(-n3c4ccc(-c5ccc6c(c5)c5ccccc5n6-c5ccc6c7c(cccc57)-c5ccccc5-6)cc4c4ccc5ccccc5c43)cc2)cc1. The molecule has 13 rings (SSSR count). The predicted octanol–water partition coefficient (Wildman–Crippen LogP) is 15.2. The molecule has 0 bridgehead atoms. The molecule has 2 nitrogen and oxygen atoms in total. The minimum absolute atomic E-state index is 1.16. The first-order valence-electron chi connectivity index (χ1n) is 20.1. The van der Waals surface area contributed by atoms with Gasteiger partial charge in [-0.25, -0.2) is 0 Å². The van der Waals surface area contributed by atoms with Gasteiger partial charge in [-0.1, -0.05) is 158 Å². The first kappa shape index (κ1) is 31.5. The zero-order valence-electron chi connectivity index (χ0n) is 31.5. The second-order valence-electron chi connectivity index (χ2n) is 15.7. The average Bonchev–Trinajstić information content (AvgIpc) is 3.93. The van der Waals surface area contributed by atoms with E-state index in [1.165, 1.54) is 115 Å². The molecule has 0 unspecified atom stereocenters. The van der Waals surface area contributed by atoms with Crippen molar-refractivity contribution in [2.45, 2.75) is 0 Å². The maximum atomic E-state index is 2.48. The van der Waals surface area contributed by atoms with Crippen LogP contribution in [0.25, 0.3) is 121 Å². The third-order valence-electron chi connectivity index (χ3n) is 12.7. The molecule has 1 aliphatic carbocycles. The summed E-state index contributed by atoms with van der Waals surface area (Å²) in [6.07, 6.45) is 0. The fourth-order valence-electron chi connectivity index (χ4n) is 10.1. The summed E-state index contributed by atoms with van der Waals surface area (Å²) in [6, 6.07) is 76.2. The Hall–Kier alpha value is -7.68. The summed E-state index contributed by atoms with van der Waals surface area (Å²) >= 11 is 0. The van der Waals surface area contributed by atoms with Crippen LogP contribution in [0.15, 0.2) is 206 Å². The quantitative estimate of drug-likeness (QED) is 0.170. The van der Waals surface area contributed by atoms with E-state index in [0.717, 1.165) is 5.69 Å². The van der Waals surface area contributed by atoms with Crippen LogP contribution in [-0.4, -0.2) is 9.13 Å². The Kier molecular flexibility index (Phi) is 6.47. The van der Waals surface area contributed by atoms with Crippen LogP contribution >= 0.6 is 0 Å². The van der Waals surface area contributed by atoms with Gasteiger partial charge in [0.15, 0.2) is 0 Å². The van der Waals surface area contributed by atoms with Crippen LogP contribution in [0.4, 0.5) is 0 Å². The summed E-state index contributed by atoms with van der Waals surface area (Å²) in [7, 11) is 0. The summed E-state index contributed by atoms with van der Waals surface area (Å²) < 4.78 is 4.93. The molecular weight excluding hydrogens is 701 g/mol. The molecule has 0 amide bonds. The third kappa shape index (κ3) is 4.37. The van der Waals surface area contributed by atoms with E-state index in [9.17, 15) is 0 Å². The number of fused-ring (bicyclic) bond motifs is 11. The highest BCUT2D eigenvalue weighted by molar-refractivity contribution is 6.21. The van der Waals surface area contributed by atoms with Crippen molar-refractivity contribution in [3.63, 3.8) is 0 Å². The van der Waals surface area contributed by atoms with E-state index in [1.807, 2.05) is 0 Å². The Morgan fingerprint density at radius 1 is 0.276 bits per heavy atom. The maximum absolute atomic E-state index is 2.48. The van der Waals surface area contributed by atoms with Gasteiger partial charge >= 0.3 is 0 Å². The van der Waals surface area contributed by atoms with Crippen LogP contribution in [0.2, 0.25) is 0 Å². The molecule has 0 fully saturated rings. The van der Waals surface area contributed by atoms with Gasteiger partial charge in [-0.15, -0.1) is 0 Å². The Bertz CT molecular complexity index is 3630. The number of nitrogens with zero attached hydrogens (tertiary/aromatic N) is 2. The van der Waals surface area contributed by atoms with Crippen molar-refractivity contribution in [1.82, 2.24) is 9.13 Å². The standard InChI is InChI=1S/C56H34N2/c1-2-11-35(12-3-1)36-21-26-40(27-22-36)57-53-30-24-39(34-50(53)47-28-23-37-13-4-5-14-41(37)56(47)57)38-25-31-54-49(33-38)44-17-8-9-20-51(44)58(54)52-32-29-46-43-16-7-6-15-42(43)45-18-10-19-48(52)55(45)46/h1-34H. The number of para-hydroxylation sites is 1. The zero-order valence-corrected chi connectivity index (χ0v) is 31.5. The van der Waals surface area contributed by atoms with Crippen LogP contribution in [0, 0.1) is 0 Å². The molecule has 0 N–H and O–H groups in total. The maximum Gasteiger partial charge on any atom is 0.0619 e. The Morgan fingerprint density at radius 2 is 0.845 bits per heavy atom. The molecule has 0 spiro atoms. The smallest absolute Gasteiger partial charge is 0.0619 e. The predicted molar refractivity (Wildman–Crippen MR) is 245 cm³/mol. The number of rotatable bonds is 4. The van der Waals surface area contributed by atoms with Crippen molar-refractivity contribution in [2.24, 2.45) is 0 Å². The number of hydrogen-bond donors (Lipinski definition) is 0. The lowest BCUT2D eigenvalue weighted by molar-refractivity contribution is 1.19. The number of aromatic nitrogens is 2. The lowest BCUT2D eigenvalue weighted by atomic mass is 10.00. The monoisotopic (exact) mass is 734 g/mol. The van der Waals surface area contributed by atoms with E-state index in [2.05, 4.69) is 215 Å². The Morgan fingerprint density at radius 3 is 1.64 bits per heavy atom. The molecule has 10 aromatic carbocycles. The van der Waals surface area contributed by atoms with Crippen molar-refractivity contribution in [3.8, 4) is 55.9 Å². The first-order chi connectivity index (χ1) is 28.8. The van der Waals surface area contributed by atoms with Gasteiger partial charge in [0, 0.05) is 38.0 Å². The molecule has 2 heterocycles. The molecule has 2 aromatic heterocycles. The van der Waals surface area contributed by atoms with Crippen LogP contribution < -0.4 is 0 Å². The second-order valence-corrected chi connectivity index (χ2v) is 15.7. The second kappa shape index (κ2) is 11.9. The van der Waals surface area contributed by atoms with Crippen LogP contribution in [0.5, 0.6) is 0 Å². The highest BCUT2D eigenvalue weighted by Crippen LogP contribution is 2.49. The summed E-state index contributed by atoms with van der Waals surface area (Å²) in [5.41, 5.74) is 17.4. The lowest BCUT2D eigenvalue weighted by Crippen LogP contribution is -1.96. The van der Waals surface area contributed by atoms with E-state index in [-0.39, 0.29) is 0 Å². The molecule has 0 saturated carbocycles. The summed E-state index contributed by atoms with van der Waals surface area (Å²) in [4.78, 5) is 0. The van der Waals surface area contributed by atoms with Gasteiger partial charge < -0.3 is 9.13 Å². The van der Waals surface area contributed by atoms with E-state index >= 15 is 0 Å². The molecule has 0 aliphatic heterocycles. The summed E-state index contributed by atoms with van der Waals surface area (Å²) in [6.45, 7) is 0. The molecule has 0 saturated heterocycles. The van der Waals surface area contributed by atoms with Gasteiger partial charge in [0.05, 0.1) is 27.8 Å². The molecule has 0 radical (unpaired) electrons. The van der Waals surface area contributed by atoms with Crippen molar-refractivity contribution < 1.29 is 0 Å². The van der Waals surface area contributed by atoms with Crippen LogP contribution in [-0.2, 0) is 0 Å². The van der Waals surface area contributed by atoms with Crippen molar-refractivity contribution in [2.75, 3.05) is 0 Å². The van der Waals surface area contributed by atoms with E-state index in [0.29, 0.717) is 0 Å². The van der Waals surface area contributed by atoms with Gasteiger partial charge in [-0.05, 0) is 104 Å². The first-order valence-corrected chi connectivity index (χ1v) is 20.1. The topological polar surface area (TPSA) is 9.86 Å². The molecule has 58 heavy (non-hydrogen) atoms. The van der Waals surface area contributed by atoms with E-state index in [4.69, 9.17) is 0 Å². The minimum Gasteiger partial charge on any atom is -0.309 e. The molecular formula is C56H34N2. The van der Waals surface area contributed by atoms with Crippen LogP contribution in [0.3, 0.4) is 0 Å². The van der Waals surface area contributed by atoms with Gasteiger partial charge in [0.2, 0.25) is 0 Å². The van der Waals surface area contributed by atoms with Gasteiger partial charge in [0.25, 0.3) is 0 Å². The van der Waals surface area contributed by atoms with E-state index in [1.54, 1.807) is 0 Å². The fourth-order valence-corrected chi connectivity index (χ4v) is 10.1. The summed E-state index contributed by atoms with van der Waals surface area (Å²) in [5, 5.41) is 10.1. The molecule has 12 aromatic rings. The average molecular weight is 735 g/mol. The minimum atomic E-state index is 1.16. The number of hydrogen-bond acceptors (Lipinski definition) is 0. The Balaban J connectivity index is 0.997. The van der Waals surface area contributed by atoms with Gasteiger partial charge in [0.1, 0.15) is 0 Å². The molecule has 1 aliphatic rings. The van der Waals surface area contributed by atoms with Crippen LogP contribution in [0.1, 0.15) is 0 Å². The highest BCUT2D eigenvalue weighted by atomic mass is 15.0. The fraction of sp³-hybridized carbons (Fsp3) is 0. The molecule has 268 valence electrons. The third-order valence-corrected chi connectivity index (χ3v) is 12.7. The Labute approximate surface area is 335 Å². The molecule has 0 atom stereocenters. The molecule has 2 heteroatoms. The summed E-state index contributed by atoms with van der Waals surface area (Å²) in [5.74, 6) is 0. The largest absolute Gasteiger partial charge is 0.309 e. The van der Waals surface area contributed by atoms with Gasteiger partial charge in [-0.3, -0.25) is 0 Å². The zero-order chi connectivity index (χ0) is 37.9. The lowest BCUT2D eigenvalue weighted by Gasteiger charge is -2.13. The number of benzene rings is 10. The van der Waals surface area contributed by atoms with E-state index < -0.39 is 0 Å².